The van der Waals surface area contributed by atoms with Crippen molar-refractivity contribution in [3.63, 3.8) is 0 Å². The van der Waals surface area contributed by atoms with Gasteiger partial charge in [-0.05, 0) is 79.5 Å². The van der Waals surface area contributed by atoms with Crippen LogP contribution in [0.15, 0.2) is 16.9 Å². The molecule has 1 unspecified atom stereocenters. The predicted octanol–water partition coefficient (Wildman–Crippen LogP) is 5.26. The van der Waals surface area contributed by atoms with Crippen LogP contribution in [0.4, 0.5) is 0 Å². The Balaban J connectivity index is 0.000000169. The molecule has 1 saturated heterocycles. The predicted molar refractivity (Wildman–Crippen MR) is 164 cm³/mol. The third-order valence-electron chi connectivity index (χ3n) is 9.26. The molecule has 3 aliphatic rings. The molecular formula is C33H49N5O3. The Bertz CT molecular complexity index is 1480. The third kappa shape index (κ3) is 5.77. The Morgan fingerprint density at radius 2 is 1.73 bits per heavy atom. The maximum atomic E-state index is 12.1. The van der Waals surface area contributed by atoms with Crippen molar-refractivity contribution in [1.82, 2.24) is 24.2 Å². The Morgan fingerprint density at radius 1 is 1.05 bits per heavy atom. The standard InChI is InChI=1S/C18H29N3O2.C15H20N2O/c1-18(2,3)16-14-11-12(17(22)19-4)5-6-15(14)21(20-16)13-7-9-23-10-8-13;1-9(2)11-7-12(10-5-6-10)14-13(8-11)16(3)15(18)17(14)4/h12-13H,5-11H2,1-4H3,(H,19,22);7-10H,5-6H2,1-4H3. The van der Waals surface area contributed by atoms with Gasteiger partial charge in [0.15, 0.2) is 0 Å². The van der Waals surface area contributed by atoms with Gasteiger partial charge in [-0.25, -0.2) is 4.79 Å². The molecule has 1 aliphatic heterocycles. The van der Waals surface area contributed by atoms with Crippen LogP contribution in [0.25, 0.3) is 11.0 Å². The number of ether oxygens (including phenoxy) is 1. The molecule has 0 radical (unpaired) electrons. The topological polar surface area (TPSA) is 83.1 Å². The van der Waals surface area contributed by atoms with Gasteiger partial charge in [0.25, 0.3) is 0 Å². The highest BCUT2D eigenvalue weighted by Gasteiger charge is 2.35. The zero-order valence-corrected chi connectivity index (χ0v) is 26.3. The highest BCUT2D eigenvalue weighted by atomic mass is 16.5. The number of carbonyl (C=O) groups excluding carboxylic acids is 1. The Hall–Kier alpha value is -2.87. The lowest BCUT2D eigenvalue weighted by atomic mass is 9.80. The number of aryl methyl sites for hydroxylation is 2. The largest absolute Gasteiger partial charge is 0.381 e. The molecule has 2 aliphatic carbocycles. The van der Waals surface area contributed by atoms with Gasteiger partial charge in [-0.3, -0.25) is 18.6 Å². The lowest BCUT2D eigenvalue weighted by Gasteiger charge is -2.27. The van der Waals surface area contributed by atoms with E-state index in [9.17, 15) is 9.59 Å². The maximum absolute atomic E-state index is 12.1. The second-order valence-corrected chi connectivity index (χ2v) is 13.7. The minimum Gasteiger partial charge on any atom is -0.381 e. The molecule has 8 heteroatoms. The summed E-state index contributed by atoms with van der Waals surface area (Å²) in [6.07, 6.45) is 7.30. The van der Waals surface area contributed by atoms with Crippen LogP contribution < -0.4 is 11.0 Å². The van der Waals surface area contributed by atoms with E-state index in [1.54, 1.807) is 16.2 Å². The van der Waals surface area contributed by atoms with Gasteiger partial charge in [-0.2, -0.15) is 5.10 Å². The average Bonchev–Trinajstić information content (AvgIpc) is 3.70. The number of nitrogens with one attached hydrogen (secondary N) is 1. The molecule has 8 nitrogen and oxygen atoms in total. The Morgan fingerprint density at radius 3 is 2.32 bits per heavy atom. The average molecular weight is 564 g/mol. The van der Waals surface area contributed by atoms with E-state index in [0.29, 0.717) is 17.9 Å². The van der Waals surface area contributed by atoms with Gasteiger partial charge in [0.1, 0.15) is 0 Å². The van der Waals surface area contributed by atoms with Crippen molar-refractivity contribution in [2.75, 3.05) is 20.3 Å². The number of imidazole rings is 1. The van der Waals surface area contributed by atoms with Crippen LogP contribution in [0, 0.1) is 5.92 Å². The van der Waals surface area contributed by atoms with Crippen molar-refractivity contribution in [3.8, 4) is 0 Å². The zero-order chi connectivity index (χ0) is 29.6. The van der Waals surface area contributed by atoms with Gasteiger partial charge in [-0.1, -0.05) is 40.7 Å². The first-order chi connectivity index (χ1) is 19.4. The second-order valence-electron chi connectivity index (χ2n) is 13.7. The molecule has 2 aromatic heterocycles. The van der Waals surface area contributed by atoms with Gasteiger partial charge in [-0.15, -0.1) is 0 Å². The van der Waals surface area contributed by atoms with Gasteiger partial charge in [0, 0.05) is 51.4 Å². The van der Waals surface area contributed by atoms with E-state index < -0.39 is 0 Å². The lowest BCUT2D eigenvalue weighted by Crippen LogP contribution is -2.32. The van der Waals surface area contributed by atoms with Crippen molar-refractivity contribution in [2.45, 2.75) is 103 Å². The van der Waals surface area contributed by atoms with E-state index in [0.717, 1.165) is 56.4 Å². The minimum absolute atomic E-state index is 0.00504. The fraction of sp³-hybridized carbons (Fsp3) is 0.667. The number of carbonyl (C=O) groups is 1. The molecule has 3 aromatic rings. The molecule has 0 bridgehead atoms. The number of benzene rings is 1. The third-order valence-corrected chi connectivity index (χ3v) is 9.26. The summed E-state index contributed by atoms with van der Waals surface area (Å²) >= 11 is 0. The molecule has 1 N–H and O–H groups in total. The number of aromatic nitrogens is 4. The molecule has 1 atom stereocenters. The van der Waals surface area contributed by atoms with E-state index in [1.807, 2.05) is 14.1 Å². The van der Waals surface area contributed by atoms with Crippen molar-refractivity contribution in [1.29, 1.82) is 0 Å². The van der Waals surface area contributed by atoms with Gasteiger partial charge >= 0.3 is 5.69 Å². The monoisotopic (exact) mass is 563 g/mol. The van der Waals surface area contributed by atoms with E-state index in [1.165, 1.54) is 40.9 Å². The number of rotatable bonds is 4. The molecule has 224 valence electrons. The first-order valence-corrected chi connectivity index (χ1v) is 15.5. The molecule has 1 saturated carbocycles. The summed E-state index contributed by atoms with van der Waals surface area (Å²) in [7, 11) is 5.48. The number of amides is 1. The minimum atomic E-state index is 0.00504. The van der Waals surface area contributed by atoms with Gasteiger partial charge in [0.2, 0.25) is 5.91 Å². The van der Waals surface area contributed by atoms with Crippen molar-refractivity contribution < 1.29 is 9.53 Å². The van der Waals surface area contributed by atoms with Crippen molar-refractivity contribution in [3.05, 3.63) is 50.7 Å². The Labute approximate surface area is 244 Å². The number of fused-ring (bicyclic) bond motifs is 2. The highest BCUT2D eigenvalue weighted by molar-refractivity contribution is 5.82. The van der Waals surface area contributed by atoms with Crippen LogP contribution >= 0.6 is 0 Å². The number of nitrogens with zero attached hydrogens (tertiary/aromatic N) is 4. The molecule has 2 fully saturated rings. The van der Waals surface area contributed by atoms with E-state index in [4.69, 9.17) is 9.84 Å². The molecule has 0 spiro atoms. The highest BCUT2D eigenvalue weighted by Crippen LogP contribution is 2.44. The first-order valence-electron chi connectivity index (χ1n) is 15.5. The summed E-state index contributed by atoms with van der Waals surface area (Å²) in [5.41, 5.74) is 8.86. The van der Waals surface area contributed by atoms with Crippen LogP contribution in [0.1, 0.15) is 113 Å². The van der Waals surface area contributed by atoms with E-state index >= 15 is 0 Å². The summed E-state index contributed by atoms with van der Waals surface area (Å²) in [5.74, 6) is 1.41. The molecule has 3 heterocycles. The number of hydrogen-bond donors (Lipinski definition) is 1. The fourth-order valence-electron chi connectivity index (χ4n) is 6.65. The van der Waals surface area contributed by atoms with Gasteiger partial charge in [0.05, 0.1) is 22.8 Å². The normalized spacial score (nSPS) is 19.7. The fourth-order valence-corrected chi connectivity index (χ4v) is 6.65. The molecule has 41 heavy (non-hydrogen) atoms. The van der Waals surface area contributed by atoms with Crippen molar-refractivity contribution >= 4 is 16.9 Å². The summed E-state index contributed by atoms with van der Waals surface area (Å²) in [6, 6.07) is 4.93. The summed E-state index contributed by atoms with van der Waals surface area (Å²) in [5, 5.41) is 7.85. The second kappa shape index (κ2) is 11.4. The number of hydrogen-bond acceptors (Lipinski definition) is 4. The van der Waals surface area contributed by atoms with Crippen LogP contribution in [0.5, 0.6) is 0 Å². The molecule has 6 rings (SSSR count). The molecule has 1 amide bonds. The molecule has 1 aromatic carbocycles. The van der Waals surface area contributed by atoms with Crippen molar-refractivity contribution in [2.24, 2.45) is 20.0 Å². The smallest absolute Gasteiger partial charge is 0.328 e. The SMILES string of the molecule is CC(C)c1cc(C2CC2)c2c(c1)n(C)c(=O)n2C.CNC(=O)C1CCc2c(c(C(C)(C)C)nn2C2CCOCC2)C1. The van der Waals surface area contributed by atoms with Crippen LogP contribution in [-0.4, -0.2) is 45.1 Å². The summed E-state index contributed by atoms with van der Waals surface area (Å²) in [4.78, 5) is 24.2. The van der Waals surface area contributed by atoms with E-state index in [2.05, 4.69) is 56.8 Å². The summed E-state index contributed by atoms with van der Waals surface area (Å²) < 4.78 is 11.4. The lowest BCUT2D eigenvalue weighted by molar-refractivity contribution is -0.124. The zero-order valence-electron chi connectivity index (χ0n) is 26.3. The molecular weight excluding hydrogens is 514 g/mol. The van der Waals surface area contributed by atoms with Crippen LogP contribution in [0.2, 0.25) is 0 Å². The van der Waals surface area contributed by atoms with Crippen LogP contribution in [0.3, 0.4) is 0 Å². The first kappa shape index (κ1) is 29.6. The van der Waals surface area contributed by atoms with Crippen LogP contribution in [-0.2, 0) is 41.9 Å². The summed E-state index contributed by atoms with van der Waals surface area (Å²) in [6.45, 7) is 12.7. The van der Waals surface area contributed by atoms with Gasteiger partial charge < -0.3 is 10.1 Å². The quantitative estimate of drug-likeness (QED) is 0.469. The van der Waals surface area contributed by atoms with E-state index in [-0.39, 0.29) is 22.9 Å². The maximum Gasteiger partial charge on any atom is 0.328 e. The Kier molecular flexibility index (Phi) is 8.25.